The molecule has 18 heteroatoms. The second kappa shape index (κ2) is 33.8. The standard InChI is InChI=1S/C55H83N7O10S/c1-9-26-71-51(35-49(39(4)5)62(38-67-11-3)54(65)46(40(6)10-2)34-50(63)48-19-15-16-25-61(48)8)53-59-47(37-73-53)52(64)58-44(32-41(7)55(66)72-36-43-17-13-12-14-18-43)33-42-20-22-45(23-21-42)70-31-30-69-29-28-68-27-24-57-60-56/h12-14,17-18,20-23,37,39-41,44,46,48-49,51H,9-11,15-16,19,24-36,38H2,1-8H3,(H,58,64)/t40-,41-,44+,46-,48+,49+,51+/m0/s1. The van der Waals surface area contributed by atoms with Crippen LogP contribution in [0.5, 0.6) is 5.75 Å². The molecular weight excluding hydrogens is 951 g/mol. The van der Waals surface area contributed by atoms with Crippen LogP contribution in [0.15, 0.2) is 65.1 Å². The van der Waals surface area contributed by atoms with Gasteiger partial charge in [-0.05, 0) is 93.2 Å². The van der Waals surface area contributed by atoms with Gasteiger partial charge in [0.05, 0.1) is 38.4 Å². The third-order valence-corrected chi connectivity index (χ3v) is 14.3. The van der Waals surface area contributed by atoms with Gasteiger partial charge in [0, 0.05) is 60.9 Å². The third-order valence-electron chi connectivity index (χ3n) is 13.4. The first kappa shape index (κ1) is 60.6. The van der Waals surface area contributed by atoms with Crippen LogP contribution in [-0.2, 0) is 51.1 Å². The zero-order chi connectivity index (χ0) is 53.0. The molecule has 4 rings (SSSR count). The van der Waals surface area contributed by atoms with Crippen molar-refractivity contribution in [3.63, 3.8) is 0 Å². The first-order valence-electron chi connectivity index (χ1n) is 26.4. The summed E-state index contributed by atoms with van der Waals surface area (Å²) in [4.78, 5) is 67.9. The van der Waals surface area contributed by atoms with E-state index < -0.39 is 24.0 Å². The van der Waals surface area contributed by atoms with E-state index in [0.29, 0.717) is 76.3 Å². The first-order chi connectivity index (χ1) is 35.3. The topological polar surface area (TPSA) is 204 Å². The number of amides is 2. The molecule has 3 aromatic rings. The Hall–Kier alpha value is -4.94. The summed E-state index contributed by atoms with van der Waals surface area (Å²) in [5.74, 6) is -1.12. The van der Waals surface area contributed by atoms with E-state index in [4.69, 9.17) is 38.9 Å². The number of carbonyl (C=O) groups excluding carboxylic acids is 4. The molecule has 7 atom stereocenters. The Morgan fingerprint density at radius 1 is 0.904 bits per heavy atom. The molecule has 0 saturated carbocycles. The van der Waals surface area contributed by atoms with Crippen LogP contribution in [0.3, 0.4) is 0 Å². The van der Waals surface area contributed by atoms with Crippen molar-refractivity contribution < 1.29 is 47.6 Å². The van der Waals surface area contributed by atoms with E-state index in [9.17, 15) is 19.2 Å². The molecular formula is C55H83N7O10S. The third kappa shape index (κ3) is 21.1. The average molecular weight is 1030 g/mol. The monoisotopic (exact) mass is 1030 g/mol. The van der Waals surface area contributed by atoms with Gasteiger partial charge in [0.2, 0.25) is 5.91 Å². The van der Waals surface area contributed by atoms with Gasteiger partial charge in [-0.1, -0.05) is 102 Å². The number of benzene rings is 2. The van der Waals surface area contributed by atoms with Crippen LogP contribution in [0, 0.1) is 23.7 Å². The van der Waals surface area contributed by atoms with Crippen molar-refractivity contribution in [2.75, 3.05) is 73.1 Å². The Kier molecular flexibility index (Phi) is 28.1. The van der Waals surface area contributed by atoms with Crippen LogP contribution in [0.25, 0.3) is 10.4 Å². The zero-order valence-electron chi connectivity index (χ0n) is 44.7. The number of Topliss-reactive ketones (excluding diaryl/α,β-unsaturated/α-hetero) is 1. The predicted molar refractivity (Wildman–Crippen MR) is 283 cm³/mol. The molecule has 0 aliphatic carbocycles. The number of piperidine rings is 1. The summed E-state index contributed by atoms with van der Waals surface area (Å²) in [5, 5.41) is 8.97. The lowest BCUT2D eigenvalue weighted by Crippen LogP contribution is -2.50. The molecule has 0 radical (unpaired) electrons. The van der Waals surface area contributed by atoms with Gasteiger partial charge in [0.25, 0.3) is 5.91 Å². The fourth-order valence-corrected chi connectivity index (χ4v) is 9.80. The van der Waals surface area contributed by atoms with E-state index in [0.717, 1.165) is 49.8 Å². The number of nitrogens with zero attached hydrogens (tertiary/aromatic N) is 6. The molecule has 0 unspecified atom stereocenters. The Labute approximate surface area is 438 Å². The van der Waals surface area contributed by atoms with Crippen molar-refractivity contribution in [1.82, 2.24) is 20.1 Å². The highest BCUT2D eigenvalue weighted by molar-refractivity contribution is 7.09. The molecule has 1 saturated heterocycles. The highest BCUT2D eigenvalue weighted by atomic mass is 32.1. The van der Waals surface area contributed by atoms with Crippen molar-refractivity contribution in [3.8, 4) is 5.75 Å². The highest BCUT2D eigenvalue weighted by Crippen LogP contribution is 2.34. The van der Waals surface area contributed by atoms with Crippen LogP contribution in [0.4, 0.5) is 0 Å². The summed E-state index contributed by atoms with van der Waals surface area (Å²) < 4.78 is 35.0. The lowest BCUT2D eigenvalue weighted by molar-refractivity contribution is -0.151. The Balaban J connectivity index is 1.51. The molecule has 0 spiro atoms. The number of ketones is 1. The largest absolute Gasteiger partial charge is 0.491 e. The summed E-state index contributed by atoms with van der Waals surface area (Å²) >= 11 is 1.34. The lowest BCUT2D eigenvalue weighted by Gasteiger charge is -2.39. The second-order valence-corrected chi connectivity index (χ2v) is 20.2. The van der Waals surface area contributed by atoms with Crippen molar-refractivity contribution in [2.24, 2.45) is 28.8 Å². The molecule has 1 aliphatic rings. The van der Waals surface area contributed by atoms with Crippen molar-refractivity contribution in [2.45, 2.75) is 137 Å². The maximum absolute atomic E-state index is 14.9. The molecule has 17 nitrogen and oxygen atoms in total. The normalized spacial score (nSPS) is 16.4. The minimum atomic E-state index is -0.534. The van der Waals surface area contributed by atoms with Gasteiger partial charge in [-0.3, -0.25) is 24.1 Å². The van der Waals surface area contributed by atoms with Crippen molar-refractivity contribution in [1.29, 1.82) is 0 Å². The number of carbonyl (C=O) groups is 4. The molecule has 2 aromatic carbocycles. The molecule has 2 heterocycles. The van der Waals surface area contributed by atoms with Crippen LogP contribution in [0.2, 0.25) is 0 Å². The molecule has 2 amide bonds. The van der Waals surface area contributed by atoms with Gasteiger partial charge in [0.15, 0.2) is 5.78 Å². The number of hydrogen-bond acceptors (Lipinski definition) is 14. The van der Waals surface area contributed by atoms with E-state index >= 15 is 0 Å². The molecule has 1 aliphatic heterocycles. The highest BCUT2D eigenvalue weighted by Gasteiger charge is 2.39. The Morgan fingerprint density at radius 2 is 1.63 bits per heavy atom. The number of nitrogens with one attached hydrogen (secondary N) is 1. The smallest absolute Gasteiger partial charge is 0.309 e. The average Bonchev–Trinajstić information content (AvgIpc) is 3.89. The number of rotatable bonds is 36. The number of likely N-dealkylation sites (N-methyl/N-ethyl adjacent to an activating group) is 1. The minimum Gasteiger partial charge on any atom is -0.491 e. The number of thiazole rings is 1. The number of ether oxygens (including phenoxy) is 6. The summed E-state index contributed by atoms with van der Waals surface area (Å²) in [6, 6.07) is 16.1. The lowest BCUT2D eigenvalue weighted by atomic mass is 9.82. The van der Waals surface area contributed by atoms with Gasteiger partial charge >= 0.3 is 5.97 Å². The van der Waals surface area contributed by atoms with Crippen molar-refractivity contribution in [3.05, 3.63) is 92.2 Å². The van der Waals surface area contributed by atoms with E-state index in [1.54, 1.807) is 12.3 Å². The van der Waals surface area contributed by atoms with E-state index in [2.05, 4.69) is 47.9 Å². The van der Waals surface area contributed by atoms with Gasteiger partial charge in [-0.25, -0.2) is 4.98 Å². The fourth-order valence-electron chi connectivity index (χ4n) is 8.94. The summed E-state index contributed by atoms with van der Waals surface area (Å²) in [7, 11) is 2.00. The number of likely N-dealkylation sites (tertiary alicyclic amines) is 1. The van der Waals surface area contributed by atoms with E-state index in [1.807, 2.05) is 80.4 Å². The first-order valence-corrected chi connectivity index (χ1v) is 27.2. The maximum atomic E-state index is 14.9. The van der Waals surface area contributed by atoms with E-state index in [1.165, 1.54) is 11.3 Å². The molecule has 404 valence electrons. The Bertz CT molecular complexity index is 2120. The van der Waals surface area contributed by atoms with Crippen LogP contribution in [0.1, 0.15) is 133 Å². The molecule has 1 aromatic heterocycles. The number of azide groups is 1. The van der Waals surface area contributed by atoms with Crippen LogP contribution >= 0.6 is 11.3 Å². The quantitative estimate of drug-likeness (QED) is 0.0144. The summed E-state index contributed by atoms with van der Waals surface area (Å²) in [6.45, 7) is 18.1. The maximum Gasteiger partial charge on any atom is 0.309 e. The molecule has 73 heavy (non-hydrogen) atoms. The van der Waals surface area contributed by atoms with Crippen LogP contribution in [-0.4, -0.2) is 130 Å². The van der Waals surface area contributed by atoms with Gasteiger partial charge < -0.3 is 38.6 Å². The predicted octanol–water partition coefficient (Wildman–Crippen LogP) is 9.79. The van der Waals surface area contributed by atoms with Gasteiger partial charge in [-0.15, -0.1) is 11.3 Å². The summed E-state index contributed by atoms with van der Waals surface area (Å²) in [6.07, 6.45) is 5.19. The van der Waals surface area contributed by atoms with Crippen LogP contribution < -0.4 is 10.1 Å². The second-order valence-electron chi connectivity index (χ2n) is 19.3. The van der Waals surface area contributed by atoms with Gasteiger partial charge in [0.1, 0.15) is 42.5 Å². The number of aromatic nitrogens is 1. The molecule has 1 fully saturated rings. The van der Waals surface area contributed by atoms with Gasteiger partial charge in [-0.2, -0.15) is 0 Å². The summed E-state index contributed by atoms with van der Waals surface area (Å²) in [5.41, 5.74) is 10.4. The number of esters is 1. The number of hydrogen-bond donors (Lipinski definition) is 1. The minimum absolute atomic E-state index is 0.00580. The van der Waals surface area contributed by atoms with E-state index in [-0.39, 0.29) is 79.5 Å². The fraction of sp³-hybridized carbons (Fsp3) is 0.655. The molecule has 0 bridgehead atoms. The zero-order valence-corrected chi connectivity index (χ0v) is 45.5. The van der Waals surface area contributed by atoms with Crippen molar-refractivity contribution >= 4 is 34.9 Å². The Morgan fingerprint density at radius 3 is 2.30 bits per heavy atom. The SMILES string of the molecule is CCCO[C@H](C[C@H](C(C)C)N(COCC)C(=O)[C@@H](CC(=O)[C@H]1CCCCN1C)[C@@H](C)CC)c1nc(C(=O)N[C@@H](Cc2ccc(OCCOCCOCCN=[N+]=[N-])cc2)C[C@H](C)C(=O)OCc2ccccc2)cs1. The molecule has 1 N–H and O–H groups in total.